The van der Waals surface area contributed by atoms with Gasteiger partial charge in [0.15, 0.2) is 0 Å². The molecule has 4 heteroatoms. The van der Waals surface area contributed by atoms with Crippen molar-refractivity contribution >= 4 is 5.97 Å². The summed E-state index contributed by atoms with van der Waals surface area (Å²) < 4.78 is 5.48. The summed E-state index contributed by atoms with van der Waals surface area (Å²) in [5, 5.41) is 22.2. The normalized spacial score (nSPS) is 53.1. The van der Waals surface area contributed by atoms with Crippen molar-refractivity contribution in [3.05, 3.63) is 0 Å². The molecule has 0 heterocycles. The SMILES string of the molecule is COC(=O)[C@]12CCC(C(C)(C)O)C1C1CCC3[C@@]4(C)CC[C@H](O)C(C)(C)C4CC[C@@]3(C)[C@]1(C)CC2. The van der Waals surface area contributed by atoms with Gasteiger partial charge in [0.2, 0.25) is 0 Å². The van der Waals surface area contributed by atoms with E-state index in [9.17, 15) is 15.0 Å². The van der Waals surface area contributed by atoms with Crippen molar-refractivity contribution in [3.63, 3.8) is 0 Å². The minimum Gasteiger partial charge on any atom is -0.469 e. The van der Waals surface area contributed by atoms with E-state index in [1.165, 1.54) is 19.3 Å². The maximum atomic E-state index is 13.4. The third kappa shape index (κ3) is 3.14. The first kappa shape index (κ1) is 26.0. The molecule has 0 aliphatic heterocycles. The van der Waals surface area contributed by atoms with E-state index >= 15 is 0 Å². The molecule has 0 saturated heterocycles. The summed E-state index contributed by atoms with van der Waals surface area (Å²) >= 11 is 0. The standard InChI is InChI=1S/C31H52O4/c1-26(2)21-12-15-30(7)22(28(21,5)14-13-23(26)32)10-9-20-24-19(27(3,4)34)11-16-31(24,25(33)35-8)18-17-29(20,30)6/h19-24,32,34H,9-18H2,1-8H3/t19?,20?,21?,22?,23-,24?,28-,29+,30+,31-/m0/s1. The Labute approximate surface area is 214 Å². The van der Waals surface area contributed by atoms with Crippen LogP contribution in [0.25, 0.3) is 0 Å². The van der Waals surface area contributed by atoms with Gasteiger partial charge in [-0.15, -0.1) is 0 Å². The summed E-state index contributed by atoms with van der Waals surface area (Å²) in [6, 6.07) is 0. The molecule has 0 spiro atoms. The molecule has 5 fully saturated rings. The van der Waals surface area contributed by atoms with Crippen LogP contribution in [0.1, 0.15) is 113 Å². The molecular formula is C31H52O4. The smallest absolute Gasteiger partial charge is 0.312 e. The number of fused-ring (bicyclic) bond motifs is 7. The lowest BCUT2D eigenvalue weighted by atomic mass is 9.32. The van der Waals surface area contributed by atoms with Crippen LogP contribution in [0, 0.1) is 56.7 Å². The summed E-state index contributed by atoms with van der Waals surface area (Å²) in [5.41, 5.74) is -0.620. The number of aliphatic hydroxyl groups is 2. The van der Waals surface area contributed by atoms with Gasteiger partial charge in [-0.3, -0.25) is 4.79 Å². The number of hydrogen-bond acceptors (Lipinski definition) is 4. The number of esters is 1. The quantitative estimate of drug-likeness (QED) is 0.443. The van der Waals surface area contributed by atoms with Crippen molar-refractivity contribution in [2.75, 3.05) is 7.11 Å². The molecule has 5 unspecified atom stereocenters. The molecule has 35 heavy (non-hydrogen) atoms. The van der Waals surface area contributed by atoms with Crippen LogP contribution in [0.2, 0.25) is 0 Å². The van der Waals surface area contributed by atoms with Crippen molar-refractivity contribution in [2.45, 2.75) is 124 Å². The second-order valence-corrected chi connectivity index (χ2v) is 15.5. The molecule has 0 bridgehead atoms. The highest BCUT2D eigenvalue weighted by atomic mass is 16.5. The zero-order valence-corrected chi connectivity index (χ0v) is 23.7. The van der Waals surface area contributed by atoms with Crippen LogP contribution in [-0.2, 0) is 9.53 Å². The van der Waals surface area contributed by atoms with Gasteiger partial charge in [-0.25, -0.2) is 0 Å². The molecular weight excluding hydrogens is 436 g/mol. The molecule has 0 radical (unpaired) electrons. The fourth-order valence-electron chi connectivity index (χ4n) is 11.9. The minimum atomic E-state index is -0.788. The van der Waals surface area contributed by atoms with Gasteiger partial charge in [-0.2, -0.15) is 0 Å². The lowest BCUT2D eigenvalue weighted by molar-refractivity contribution is -0.252. The van der Waals surface area contributed by atoms with Crippen molar-refractivity contribution in [1.29, 1.82) is 0 Å². The molecule has 5 rings (SSSR count). The molecule has 4 nitrogen and oxygen atoms in total. The first-order valence-corrected chi connectivity index (χ1v) is 14.6. The number of methoxy groups -OCH3 is 1. The third-order valence-electron chi connectivity index (χ3n) is 13.9. The van der Waals surface area contributed by atoms with Crippen molar-refractivity contribution in [2.24, 2.45) is 56.7 Å². The number of carbonyl (C=O) groups excluding carboxylic acids is 1. The number of ether oxygens (including phenoxy) is 1. The Morgan fingerprint density at radius 3 is 2.14 bits per heavy atom. The molecule has 5 saturated carbocycles. The van der Waals surface area contributed by atoms with E-state index in [1.807, 2.05) is 13.8 Å². The predicted molar refractivity (Wildman–Crippen MR) is 138 cm³/mol. The summed E-state index contributed by atoms with van der Waals surface area (Å²) in [6.07, 6.45) is 10.4. The van der Waals surface area contributed by atoms with Crippen LogP contribution in [0.3, 0.4) is 0 Å². The molecule has 0 aromatic carbocycles. The molecule has 0 aromatic heterocycles. The molecule has 200 valence electrons. The predicted octanol–water partition coefficient (Wildman–Crippen LogP) is 6.37. The minimum absolute atomic E-state index is 0.0257. The number of carbonyl (C=O) groups is 1. The van der Waals surface area contributed by atoms with Gasteiger partial charge in [0.05, 0.1) is 24.2 Å². The van der Waals surface area contributed by atoms with Crippen LogP contribution >= 0.6 is 0 Å². The van der Waals surface area contributed by atoms with Gasteiger partial charge >= 0.3 is 5.97 Å². The van der Waals surface area contributed by atoms with Crippen LogP contribution in [0.15, 0.2) is 0 Å². The molecule has 5 aliphatic rings. The topological polar surface area (TPSA) is 66.8 Å². The van der Waals surface area contributed by atoms with Crippen molar-refractivity contribution in [1.82, 2.24) is 0 Å². The van der Waals surface area contributed by atoms with Crippen LogP contribution in [0.4, 0.5) is 0 Å². The molecule has 0 aromatic rings. The Kier molecular flexibility index (Phi) is 5.73. The van der Waals surface area contributed by atoms with Crippen molar-refractivity contribution in [3.8, 4) is 0 Å². The van der Waals surface area contributed by atoms with E-state index in [4.69, 9.17) is 4.74 Å². The fraction of sp³-hybridized carbons (Fsp3) is 0.968. The zero-order valence-electron chi connectivity index (χ0n) is 23.7. The maximum Gasteiger partial charge on any atom is 0.312 e. The second kappa shape index (κ2) is 7.71. The lowest BCUT2D eigenvalue weighted by Crippen LogP contribution is -2.67. The van der Waals surface area contributed by atoms with Crippen molar-refractivity contribution < 1.29 is 19.7 Å². The Bertz CT molecular complexity index is 874. The van der Waals surface area contributed by atoms with Gasteiger partial charge in [-0.05, 0) is 129 Å². The van der Waals surface area contributed by atoms with E-state index in [0.29, 0.717) is 17.8 Å². The Morgan fingerprint density at radius 2 is 1.51 bits per heavy atom. The fourth-order valence-corrected chi connectivity index (χ4v) is 11.9. The second-order valence-electron chi connectivity index (χ2n) is 15.5. The number of rotatable bonds is 2. The van der Waals surface area contributed by atoms with Crippen LogP contribution in [0.5, 0.6) is 0 Å². The Balaban J connectivity index is 1.57. The van der Waals surface area contributed by atoms with E-state index < -0.39 is 11.0 Å². The van der Waals surface area contributed by atoms with Crippen LogP contribution in [-0.4, -0.2) is 35.0 Å². The summed E-state index contributed by atoms with van der Waals surface area (Å²) in [7, 11) is 1.55. The Hall–Kier alpha value is -0.610. The molecule has 2 N–H and O–H groups in total. The van der Waals surface area contributed by atoms with Gasteiger partial charge in [0.1, 0.15) is 0 Å². The maximum absolute atomic E-state index is 13.4. The van der Waals surface area contributed by atoms with E-state index in [0.717, 1.165) is 44.9 Å². The average molecular weight is 489 g/mol. The van der Waals surface area contributed by atoms with Gasteiger partial charge in [0.25, 0.3) is 0 Å². The highest BCUT2D eigenvalue weighted by Crippen LogP contribution is 2.77. The van der Waals surface area contributed by atoms with Gasteiger partial charge in [-0.1, -0.05) is 34.6 Å². The lowest BCUT2D eigenvalue weighted by Gasteiger charge is -2.72. The number of aliphatic hydroxyl groups excluding tert-OH is 1. The Morgan fingerprint density at radius 1 is 0.829 bits per heavy atom. The number of hydrogen-bond donors (Lipinski definition) is 2. The molecule has 10 atom stereocenters. The summed E-state index contributed by atoms with van der Waals surface area (Å²) in [6.45, 7) is 16.3. The monoisotopic (exact) mass is 488 g/mol. The first-order valence-electron chi connectivity index (χ1n) is 14.6. The largest absolute Gasteiger partial charge is 0.469 e. The highest BCUT2D eigenvalue weighted by Gasteiger charge is 2.72. The third-order valence-corrected chi connectivity index (χ3v) is 13.9. The van der Waals surface area contributed by atoms with Gasteiger partial charge in [0, 0.05) is 0 Å². The van der Waals surface area contributed by atoms with E-state index in [2.05, 4.69) is 34.6 Å². The zero-order chi connectivity index (χ0) is 25.8. The molecule has 0 amide bonds. The first-order chi connectivity index (χ1) is 16.1. The van der Waals surface area contributed by atoms with Crippen LogP contribution < -0.4 is 0 Å². The summed E-state index contributed by atoms with van der Waals surface area (Å²) in [4.78, 5) is 13.4. The van der Waals surface area contributed by atoms with Gasteiger partial charge < -0.3 is 14.9 Å². The average Bonchev–Trinajstić information content (AvgIpc) is 3.18. The summed E-state index contributed by atoms with van der Waals surface area (Å²) in [5.74, 6) is 1.96. The van der Waals surface area contributed by atoms with E-state index in [-0.39, 0.29) is 45.6 Å². The van der Waals surface area contributed by atoms with E-state index in [1.54, 1.807) is 7.11 Å². The molecule has 5 aliphatic carbocycles. The highest BCUT2D eigenvalue weighted by molar-refractivity contribution is 5.78.